The summed E-state index contributed by atoms with van der Waals surface area (Å²) in [5.74, 6) is -0.0659. The number of anilines is 1. The fourth-order valence-corrected chi connectivity index (χ4v) is 3.94. The summed E-state index contributed by atoms with van der Waals surface area (Å²) in [6, 6.07) is 13.4. The van der Waals surface area contributed by atoms with Crippen LogP contribution in [-0.4, -0.2) is 22.8 Å². The standard InChI is InChI=1S/C21H21Cl2N3OS/c1-14-6-8-16(9-7-14)24-19(27)10-20-25-17(13-28-20)12-26(2)11-15-4-3-5-18(22)21(15)23/h3-9,13H,10-12H2,1-2H3,(H,24,27). The highest BCUT2D eigenvalue weighted by Crippen LogP contribution is 2.26. The molecule has 28 heavy (non-hydrogen) atoms. The summed E-state index contributed by atoms with van der Waals surface area (Å²) in [5.41, 5.74) is 3.87. The van der Waals surface area contributed by atoms with Crippen LogP contribution in [0.3, 0.4) is 0 Å². The lowest BCUT2D eigenvalue weighted by atomic mass is 10.2. The molecule has 3 aromatic rings. The number of nitrogens with one attached hydrogen (secondary N) is 1. The molecule has 0 aliphatic rings. The first kappa shape index (κ1) is 20.8. The summed E-state index contributed by atoms with van der Waals surface area (Å²) in [6.07, 6.45) is 0.266. The maximum absolute atomic E-state index is 12.2. The Bertz CT molecular complexity index is 957. The molecule has 2 aromatic carbocycles. The third-order valence-corrected chi connectivity index (χ3v) is 5.91. The third-order valence-electron chi connectivity index (χ3n) is 4.15. The van der Waals surface area contributed by atoms with Gasteiger partial charge in [0.05, 0.1) is 22.2 Å². The summed E-state index contributed by atoms with van der Waals surface area (Å²) in [5, 5.41) is 6.84. The van der Waals surface area contributed by atoms with Crippen molar-refractivity contribution in [3.63, 3.8) is 0 Å². The number of nitrogens with zero attached hydrogens (tertiary/aromatic N) is 2. The number of halogens is 2. The lowest BCUT2D eigenvalue weighted by Gasteiger charge is -2.16. The predicted molar refractivity (Wildman–Crippen MR) is 117 cm³/mol. The van der Waals surface area contributed by atoms with Crippen LogP contribution in [0.25, 0.3) is 0 Å². The van der Waals surface area contributed by atoms with Crippen LogP contribution >= 0.6 is 34.5 Å². The van der Waals surface area contributed by atoms with Crippen LogP contribution < -0.4 is 5.32 Å². The van der Waals surface area contributed by atoms with E-state index in [1.807, 2.05) is 55.7 Å². The molecular formula is C21H21Cl2N3OS. The molecule has 0 saturated heterocycles. The van der Waals surface area contributed by atoms with E-state index >= 15 is 0 Å². The van der Waals surface area contributed by atoms with Crippen molar-refractivity contribution < 1.29 is 4.79 Å². The highest BCUT2D eigenvalue weighted by Gasteiger charge is 2.12. The van der Waals surface area contributed by atoms with Gasteiger partial charge in [0.1, 0.15) is 5.01 Å². The molecule has 1 aromatic heterocycles. The van der Waals surface area contributed by atoms with E-state index in [9.17, 15) is 4.79 Å². The molecule has 1 heterocycles. The second kappa shape index (κ2) is 9.52. The molecule has 1 N–H and O–H groups in total. The molecule has 0 aliphatic carbocycles. The van der Waals surface area contributed by atoms with Crippen molar-refractivity contribution in [1.82, 2.24) is 9.88 Å². The first-order valence-electron chi connectivity index (χ1n) is 8.82. The van der Waals surface area contributed by atoms with Gasteiger partial charge in [-0.3, -0.25) is 9.69 Å². The minimum absolute atomic E-state index is 0.0659. The minimum Gasteiger partial charge on any atom is -0.326 e. The fourth-order valence-electron chi connectivity index (χ4n) is 2.78. The quantitative estimate of drug-likeness (QED) is 0.529. The smallest absolute Gasteiger partial charge is 0.231 e. The average Bonchev–Trinajstić information content (AvgIpc) is 3.07. The molecule has 0 aliphatic heterocycles. The van der Waals surface area contributed by atoms with Gasteiger partial charge in [-0.1, -0.05) is 53.0 Å². The van der Waals surface area contributed by atoms with Crippen LogP contribution in [0.1, 0.15) is 21.8 Å². The van der Waals surface area contributed by atoms with E-state index in [4.69, 9.17) is 23.2 Å². The third kappa shape index (κ3) is 5.79. The van der Waals surface area contributed by atoms with Crippen molar-refractivity contribution >= 4 is 46.1 Å². The van der Waals surface area contributed by atoms with Crippen LogP contribution in [0.2, 0.25) is 10.0 Å². The van der Waals surface area contributed by atoms with Crippen molar-refractivity contribution in [3.8, 4) is 0 Å². The van der Waals surface area contributed by atoms with E-state index in [0.29, 0.717) is 23.1 Å². The molecule has 0 fully saturated rings. The zero-order valence-electron chi connectivity index (χ0n) is 15.7. The normalized spacial score (nSPS) is 11.0. The predicted octanol–water partition coefficient (Wildman–Crippen LogP) is 5.57. The zero-order valence-corrected chi connectivity index (χ0v) is 18.0. The van der Waals surface area contributed by atoms with E-state index in [0.717, 1.165) is 27.5 Å². The first-order valence-corrected chi connectivity index (χ1v) is 10.5. The zero-order chi connectivity index (χ0) is 20.1. The monoisotopic (exact) mass is 433 g/mol. The maximum atomic E-state index is 12.2. The summed E-state index contributed by atoms with van der Waals surface area (Å²) >= 11 is 13.8. The minimum atomic E-state index is -0.0659. The number of hydrogen-bond acceptors (Lipinski definition) is 4. The summed E-state index contributed by atoms with van der Waals surface area (Å²) < 4.78 is 0. The van der Waals surface area contributed by atoms with Gasteiger partial charge in [-0.05, 0) is 37.7 Å². The van der Waals surface area contributed by atoms with Crippen molar-refractivity contribution in [3.05, 3.63) is 79.7 Å². The SMILES string of the molecule is Cc1ccc(NC(=O)Cc2nc(CN(C)Cc3cccc(Cl)c3Cl)cs2)cc1. The molecular weight excluding hydrogens is 413 g/mol. The van der Waals surface area contributed by atoms with Gasteiger partial charge in [0.2, 0.25) is 5.91 Å². The van der Waals surface area contributed by atoms with Gasteiger partial charge in [-0.15, -0.1) is 11.3 Å². The summed E-state index contributed by atoms with van der Waals surface area (Å²) in [6.45, 7) is 3.35. The van der Waals surface area contributed by atoms with Gasteiger partial charge in [0.15, 0.2) is 0 Å². The Morgan fingerprint density at radius 1 is 1.14 bits per heavy atom. The molecule has 0 radical (unpaired) electrons. The lowest BCUT2D eigenvalue weighted by molar-refractivity contribution is -0.115. The molecule has 0 spiro atoms. The number of aryl methyl sites for hydroxylation is 1. The van der Waals surface area contributed by atoms with Gasteiger partial charge in [-0.25, -0.2) is 4.98 Å². The van der Waals surface area contributed by atoms with Gasteiger partial charge in [0.25, 0.3) is 0 Å². The second-order valence-electron chi connectivity index (χ2n) is 6.71. The number of carbonyl (C=O) groups excluding carboxylic acids is 1. The van der Waals surface area contributed by atoms with E-state index < -0.39 is 0 Å². The van der Waals surface area contributed by atoms with Crippen molar-refractivity contribution in [2.24, 2.45) is 0 Å². The average molecular weight is 434 g/mol. The number of rotatable bonds is 7. The lowest BCUT2D eigenvalue weighted by Crippen LogP contribution is -2.18. The van der Waals surface area contributed by atoms with E-state index in [2.05, 4.69) is 15.2 Å². The van der Waals surface area contributed by atoms with Gasteiger partial charge >= 0.3 is 0 Å². The Labute approximate surface area is 179 Å². The fraction of sp³-hybridized carbons (Fsp3) is 0.238. The van der Waals surface area contributed by atoms with E-state index in [-0.39, 0.29) is 12.3 Å². The van der Waals surface area contributed by atoms with Crippen molar-refractivity contribution in [2.45, 2.75) is 26.4 Å². The van der Waals surface area contributed by atoms with Crippen molar-refractivity contribution in [2.75, 3.05) is 12.4 Å². The Kier molecular flexibility index (Phi) is 7.08. The maximum Gasteiger partial charge on any atom is 0.231 e. The Morgan fingerprint density at radius 2 is 1.89 bits per heavy atom. The molecule has 4 nitrogen and oxygen atoms in total. The number of amides is 1. The molecule has 7 heteroatoms. The largest absolute Gasteiger partial charge is 0.326 e. The molecule has 0 atom stereocenters. The molecule has 0 saturated carbocycles. The summed E-state index contributed by atoms with van der Waals surface area (Å²) in [7, 11) is 2.00. The number of carbonyl (C=O) groups is 1. The molecule has 146 valence electrons. The van der Waals surface area contributed by atoms with Crippen LogP contribution in [-0.2, 0) is 24.3 Å². The molecule has 0 unspecified atom stereocenters. The van der Waals surface area contributed by atoms with Gasteiger partial charge < -0.3 is 5.32 Å². The number of thiazole rings is 1. The van der Waals surface area contributed by atoms with Crippen LogP contribution in [0.15, 0.2) is 47.8 Å². The second-order valence-corrected chi connectivity index (χ2v) is 8.44. The number of aromatic nitrogens is 1. The van der Waals surface area contributed by atoms with Gasteiger partial charge in [0, 0.05) is 24.2 Å². The first-order chi connectivity index (χ1) is 13.4. The number of hydrogen-bond donors (Lipinski definition) is 1. The van der Waals surface area contributed by atoms with Crippen LogP contribution in [0.4, 0.5) is 5.69 Å². The van der Waals surface area contributed by atoms with Gasteiger partial charge in [-0.2, -0.15) is 0 Å². The van der Waals surface area contributed by atoms with Crippen LogP contribution in [0, 0.1) is 6.92 Å². The molecule has 1 amide bonds. The highest BCUT2D eigenvalue weighted by atomic mass is 35.5. The molecule has 3 rings (SSSR count). The van der Waals surface area contributed by atoms with Crippen molar-refractivity contribution in [1.29, 1.82) is 0 Å². The highest BCUT2D eigenvalue weighted by molar-refractivity contribution is 7.09. The Balaban J connectivity index is 1.54. The van der Waals surface area contributed by atoms with E-state index in [1.165, 1.54) is 11.3 Å². The molecule has 0 bridgehead atoms. The Hall–Kier alpha value is -1.92. The Morgan fingerprint density at radius 3 is 2.64 bits per heavy atom. The van der Waals surface area contributed by atoms with Crippen LogP contribution in [0.5, 0.6) is 0 Å². The topological polar surface area (TPSA) is 45.2 Å². The number of benzene rings is 2. The van der Waals surface area contributed by atoms with E-state index in [1.54, 1.807) is 6.07 Å². The summed E-state index contributed by atoms with van der Waals surface area (Å²) in [4.78, 5) is 18.9.